The van der Waals surface area contributed by atoms with Gasteiger partial charge in [-0.3, -0.25) is 4.79 Å². The van der Waals surface area contributed by atoms with Crippen LogP contribution in [0.2, 0.25) is 5.02 Å². The van der Waals surface area contributed by atoms with Crippen LogP contribution in [0.25, 0.3) is 0 Å². The van der Waals surface area contributed by atoms with E-state index in [9.17, 15) is 9.18 Å². The quantitative estimate of drug-likeness (QED) is 0.722. The van der Waals surface area contributed by atoms with Gasteiger partial charge in [-0.25, -0.2) is 9.37 Å². The van der Waals surface area contributed by atoms with Gasteiger partial charge in [-0.1, -0.05) is 23.7 Å². The van der Waals surface area contributed by atoms with E-state index in [1.54, 1.807) is 29.2 Å². The van der Waals surface area contributed by atoms with Crippen molar-refractivity contribution in [1.82, 2.24) is 14.9 Å². The fourth-order valence-electron chi connectivity index (χ4n) is 3.17. The zero-order chi connectivity index (χ0) is 18.8. The normalized spacial score (nSPS) is 13.3. The van der Waals surface area contributed by atoms with Crippen molar-refractivity contribution in [2.45, 2.75) is 19.5 Å². The van der Waals surface area contributed by atoms with Crippen molar-refractivity contribution >= 4 is 23.3 Å². The number of amides is 1. The Kier molecular flexibility index (Phi) is 4.92. The van der Waals surface area contributed by atoms with Gasteiger partial charge in [0.15, 0.2) is 5.82 Å². The highest BCUT2D eigenvalue weighted by Gasteiger charge is 2.13. The van der Waals surface area contributed by atoms with Crippen molar-refractivity contribution in [3.8, 4) is 0 Å². The topological polar surface area (TPSA) is 59.0 Å². The van der Waals surface area contributed by atoms with Gasteiger partial charge in [-0.15, -0.1) is 0 Å². The van der Waals surface area contributed by atoms with Gasteiger partial charge in [0.05, 0.1) is 11.3 Å². The second-order valence-corrected chi connectivity index (χ2v) is 6.95. The molecule has 1 amide bonds. The average Bonchev–Trinajstić information content (AvgIpc) is 3.11. The Bertz CT molecular complexity index is 1000. The van der Waals surface area contributed by atoms with Gasteiger partial charge in [0.2, 0.25) is 0 Å². The SMILES string of the molecule is O=C(Nc1cn(Cc2ccc(F)c(Cl)c2)cn1)c1ccc2c(c1)CCNC2. The molecule has 0 saturated heterocycles. The highest BCUT2D eigenvalue weighted by atomic mass is 35.5. The van der Waals surface area contributed by atoms with Gasteiger partial charge in [-0.2, -0.15) is 0 Å². The van der Waals surface area contributed by atoms with Crippen molar-refractivity contribution in [3.63, 3.8) is 0 Å². The molecule has 4 rings (SSSR count). The molecule has 0 bridgehead atoms. The van der Waals surface area contributed by atoms with E-state index >= 15 is 0 Å². The molecule has 1 aliphatic rings. The van der Waals surface area contributed by atoms with Gasteiger partial charge in [0, 0.05) is 24.8 Å². The molecule has 2 heterocycles. The van der Waals surface area contributed by atoms with E-state index in [-0.39, 0.29) is 10.9 Å². The van der Waals surface area contributed by atoms with Crippen LogP contribution in [0.4, 0.5) is 10.2 Å². The molecule has 0 saturated carbocycles. The van der Waals surface area contributed by atoms with Crippen LogP contribution in [-0.4, -0.2) is 22.0 Å². The smallest absolute Gasteiger partial charge is 0.256 e. The molecule has 1 aliphatic heterocycles. The summed E-state index contributed by atoms with van der Waals surface area (Å²) in [6, 6.07) is 10.4. The molecule has 1 aromatic heterocycles. The van der Waals surface area contributed by atoms with E-state index in [0.717, 1.165) is 25.1 Å². The number of nitrogens with one attached hydrogen (secondary N) is 2. The largest absolute Gasteiger partial charge is 0.331 e. The molecule has 0 unspecified atom stereocenters. The maximum absolute atomic E-state index is 13.2. The summed E-state index contributed by atoms with van der Waals surface area (Å²) in [5.41, 5.74) is 3.91. The molecule has 0 atom stereocenters. The van der Waals surface area contributed by atoms with E-state index in [1.807, 2.05) is 18.2 Å². The van der Waals surface area contributed by atoms with E-state index < -0.39 is 5.82 Å². The molecule has 138 valence electrons. The predicted octanol–water partition coefficient (Wildman–Crippen LogP) is 3.62. The number of anilines is 1. The molecule has 0 fully saturated rings. The van der Waals surface area contributed by atoms with Gasteiger partial charge >= 0.3 is 0 Å². The van der Waals surface area contributed by atoms with Crippen molar-refractivity contribution in [1.29, 1.82) is 0 Å². The lowest BCUT2D eigenvalue weighted by Gasteiger charge is -2.17. The second-order valence-electron chi connectivity index (χ2n) is 6.54. The standard InChI is InChI=1S/C20H18ClFN4O/c21-17-7-13(1-4-18(17)22)10-26-11-19(24-12-26)25-20(27)15-2-3-16-9-23-6-5-14(16)8-15/h1-4,7-8,11-12,23H,5-6,9-10H2,(H,25,27). The van der Waals surface area contributed by atoms with E-state index in [2.05, 4.69) is 15.6 Å². The number of nitrogens with zero attached hydrogens (tertiary/aromatic N) is 2. The van der Waals surface area contributed by atoms with Crippen LogP contribution >= 0.6 is 11.6 Å². The zero-order valence-corrected chi connectivity index (χ0v) is 15.3. The third kappa shape index (κ3) is 4.02. The Morgan fingerprint density at radius 3 is 3.00 bits per heavy atom. The number of carbonyl (C=O) groups is 1. The average molecular weight is 385 g/mol. The Hall–Kier alpha value is -2.70. The van der Waals surface area contributed by atoms with Crippen LogP contribution < -0.4 is 10.6 Å². The number of imidazole rings is 1. The maximum atomic E-state index is 13.2. The van der Waals surface area contributed by atoms with Crippen LogP contribution in [0.3, 0.4) is 0 Å². The molecule has 7 heteroatoms. The summed E-state index contributed by atoms with van der Waals surface area (Å²) < 4.78 is 15.1. The first-order chi connectivity index (χ1) is 13.1. The molecule has 0 aliphatic carbocycles. The number of aromatic nitrogens is 2. The number of hydrogen-bond acceptors (Lipinski definition) is 3. The molecule has 5 nitrogen and oxygen atoms in total. The summed E-state index contributed by atoms with van der Waals surface area (Å²) >= 11 is 5.81. The molecule has 2 N–H and O–H groups in total. The summed E-state index contributed by atoms with van der Waals surface area (Å²) in [6.45, 7) is 2.25. The van der Waals surface area contributed by atoms with Gasteiger partial charge in [0.1, 0.15) is 5.82 Å². The molecule has 3 aromatic rings. The van der Waals surface area contributed by atoms with Crippen molar-refractivity contribution in [2.24, 2.45) is 0 Å². The Morgan fingerprint density at radius 2 is 2.15 bits per heavy atom. The summed E-state index contributed by atoms with van der Waals surface area (Å²) in [4.78, 5) is 16.7. The third-order valence-electron chi connectivity index (χ3n) is 4.58. The lowest BCUT2D eigenvalue weighted by molar-refractivity contribution is 0.102. The minimum absolute atomic E-state index is 0.0868. The predicted molar refractivity (Wildman–Crippen MR) is 103 cm³/mol. The van der Waals surface area contributed by atoms with Crippen LogP contribution in [0.1, 0.15) is 27.0 Å². The van der Waals surface area contributed by atoms with E-state index in [1.165, 1.54) is 17.2 Å². The Balaban J connectivity index is 1.44. The number of benzene rings is 2. The fourth-order valence-corrected chi connectivity index (χ4v) is 3.37. The third-order valence-corrected chi connectivity index (χ3v) is 4.87. The highest BCUT2D eigenvalue weighted by Crippen LogP contribution is 2.19. The van der Waals surface area contributed by atoms with Gasteiger partial charge in [0.25, 0.3) is 5.91 Å². The first-order valence-corrected chi connectivity index (χ1v) is 9.06. The zero-order valence-electron chi connectivity index (χ0n) is 14.5. The summed E-state index contributed by atoms with van der Waals surface area (Å²) in [5.74, 6) is -0.168. The van der Waals surface area contributed by atoms with Crippen LogP contribution in [0.5, 0.6) is 0 Å². The van der Waals surface area contributed by atoms with Crippen molar-refractivity contribution < 1.29 is 9.18 Å². The van der Waals surface area contributed by atoms with Crippen LogP contribution in [0.15, 0.2) is 48.9 Å². The molecule has 2 aromatic carbocycles. The van der Waals surface area contributed by atoms with Gasteiger partial charge in [-0.05, 0) is 53.9 Å². The first kappa shape index (κ1) is 17.7. The monoisotopic (exact) mass is 384 g/mol. The molecule has 0 spiro atoms. The lowest BCUT2D eigenvalue weighted by atomic mass is 9.98. The first-order valence-electron chi connectivity index (χ1n) is 8.68. The fraction of sp³-hybridized carbons (Fsp3) is 0.200. The van der Waals surface area contributed by atoms with E-state index in [0.29, 0.717) is 17.9 Å². The highest BCUT2D eigenvalue weighted by molar-refractivity contribution is 6.30. The molecule has 27 heavy (non-hydrogen) atoms. The number of carbonyl (C=O) groups excluding carboxylic acids is 1. The summed E-state index contributed by atoms with van der Waals surface area (Å²) in [6.07, 6.45) is 4.27. The number of rotatable bonds is 4. The Labute approximate surface area is 161 Å². The van der Waals surface area contributed by atoms with Crippen molar-refractivity contribution in [2.75, 3.05) is 11.9 Å². The minimum Gasteiger partial charge on any atom is -0.331 e. The van der Waals surface area contributed by atoms with E-state index in [4.69, 9.17) is 11.6 Å². The lowest BCUT2D eigenvalue weighted by Crippen LogP contribution is -2.24. The number of halogens is 2. The Morgan fingerprint density at radius 1 is 1.26 bits per heavy atom. The summed E-state index contributed by atoms with van der Waals surface area (Å²) in [7, 11) is 0. The van der Waals surface area contributed by atoms with Crippen molar-refractivity contribution in [3.05, 3.63) is 82.0 Å². The van der Waals surface area contributed by atoms with Crippen LogP contribution in [-0.2, 0) is 19.5 Å². The van der Waals surface area contributed by atoms with Crippen LogP contribution in [0, 0.1) is 5.82 Å². The maximum Gasteiger partial charge on any atom is 0.256 e. The molecular formula is C20H18ClFN4O. The summed E-state index contributed by atoms with van der Waals surface area (Å²) in [5, 5.41) is 6.22. The van der Waals surface area contributed by atoms with Gasteiger partial charge < -0.3 is 15.2 Å². The second kappa shape index (κ2) is 7.50. The minimum atomic E-state index is -0.445. The molecule has 0 radical (unpaired) electrons. The number of hydrogen-bond donors (Lipinski definition) is 2. The molecular weight excluding hydrogens is 367 g/mol. The number of fused-ring (bicyclic) bond motifs is 1.